The minimum Gasteiger partial charge on any atom is -0.361 e. The molecule has 1 aromatic carbocycles. The molecule has 98 valence electrons. The Labute approximate surface area is 111 Å². The molecule has 0 radical (unpaired) electrons. The zero-order valence-electron chi connectivity index (χ0n) is 10.5. The fraction of sp³-hybridized carbons (Fsp3) is 0.286. The van der Waals surface area contributed by atoms with Gasteiger partial charge in [-0.05, 0) is 30.2 Å². The number of hydrogen-bond donors (Lipinski definition) is 1. The van der Waals surface area contributed by atoms with Crippen LogP contribution in [0.1, 0.15) is 17.3 Å². The maximum Gasteiger partial charge on any atom is 0.125 e. The third-order valence-electron chi connectivity index (χ3n) is 3.52. The van der Waals surface area contributed by atoms with Gasteiger partial charge in [-0.2, -0.15) is 0 Å². The lowest BCUT2D eigenvalue weighted by atomic mass is 10.1. The molecule has 4 nitrogen and oxygen atoms in total. The summed E-state index contributed by atoms with van der Waals surface area (Å²) in [5.74, 6) is -0.218. The van der Waals surface area contributed by atoms with Crippen molar-refractivity contribution in [2.24, 2.45) is 5.73 Å². The van der Waals surface area contributed by atoms with E-state index in [1.54, 1.807) is 12.3 Å². The topological polar surface area (TPSA) is 55.0 Å². The van der Waals surface area contributed by atoms with Gasteiger partial charge in [0.1, 0.15) is 12.1 Å². The number of anilines is 1. The van der Waals surface area contributed by atoms with Gasteiger partial charge in [-0.3, -0.25) is 0 Å². The average molecular weight is 258 g/mol. The second-order valence-electron chi connectivity index (χ2n) is 4.60. The molecule has 1 aromatic heterocycles. The number of nitrogens with two attached hydrogens (primary N) is 1. The van der Waals surface area contributed by atoms with Crippen molar-refractivity contribution in [2.75, 3.05) is 18.0 Å². The highest BCUT2D eigenvalue weighted by Crippen LogP contribution is 2.34. The van der Waals surface area contributed by atoms with Gasteiger partial charge in [-0.15, -0.1) is 0 Å². The van der Waals surface area contributed by atoms with E-state index in [2.05, 4.69) is 14.9 Å². The van der Waals surface area contributed by atoms with Gasteiger partial charge in [0.2, 0.25) is 0 Å². The van der Waals surface area contributed by atoms with Crippen molar-refractivity contribution in [3.05, 3.63) is 53.9 Å². The van der Waals surface area contributed by atoms with Crippen molar-refractivity contribution < 1.29 is 4.39 Å². The maximum atomic E-state index is 13.4. The van der Waals surface area contributed by atoms with Gasteiger partial charge in [0, 0.05) is 25.0 Å². The molecule has 1 aliphatic rings. The Hall–Kier alpha value is -2.01. The monoisotopic (exact) mass is 258 g/mol. The maximum absolute atomic E-state index is 13.4. The molecule has 1 atom stereocenters. The Kier molecular flexibility index (Phi) is 3.13. The minimum atomic E-state index is -0.218. The van der Waals surface area contributed by atoms with Crippen LogP contribution in [0.15, 0.2) is 36.8 Å². The molecule has 2 aromatic rings. The van der Waals surface area contributed by atoms with Gasteiger partial charge in [0.05, 0.1) is 11.7 Å². The summed E-state index contributed by atoms with van der Waals surface area (Å²) in [6, 6.07) is 6.75. The normalized spacial score (nSPS) is 15.4. The first-order chi connectivity index (χ1) is 9.29. The lowest BCUT2D eigenvalue weighted by molar-refractivity contribution is 0.615. The number of fused-ring (bicyclic) bond motifs is 1. The number of hydrogen-bond acceptors (Lipinski definition) is 4. The van der Waals surface area contributed by atoms with E-state index in [1.807, 2.05) is 12.1 Å². The average Bonchev–Trinajstić information content (AvgIpc) is 2.84. The van der Waals surface area contributed by atoms with Crippen LogP contribution in [-0.2, 0) is 6.42 Å². The Morgan fingerprint density at radius 1 is 1.37 bits per heavy atom. The van der Waals surface area contributed by atoms with Gasteiger partial charge < -0.3 is 10.6 Å². The SMILES string of the molecule is NCC(c1ccncn1)N1CCc2ccc(F)cc21. The highest BCUT2D eigenvalue weighted by Gasteiger charge is 2.27. The number of aromatic nitrogens is 2. The second-order valence-corrected chi connectivity index (χ2v) is 4.60. The molecule has 19 heavy (non-hydrogen) atoms. The van der Waals surface area contributed by atoms with Gasteiger partial charge in [0.15, 0.2) is 0 Å². The van der Waals surface area contributed by atoms with Crippen molar-refractivity contribution in [1.82, 2.24) is 9.97 Å². The van der Waals surface area contributed by atoms with Crippen LogP contribution in [0.2, 0.25) is 0 Å². The molecule has 0 fully saturated rings. The third-order valence-corrected chi connectivity index (χ3v) is 3.52. The Morgan fingerprint density at radius 3 is 3.00 bits per heavy atom. The summed E-state index contributed by atoms with van der Waals surface area (Å²) in [6.45, 7) is 1.28. The van der Waals surface area contributed by atoms with Crippen LogP contribution in [0.25, 0.3) is 0 Å². The zero-order valence-corrected chi connectivity index (χ0v) is 10.5. The molecule has 1 unspecified atom stereocenters. The summed E-state index contributed by atoms with van der Waals surface area (Å²) >= 11 is 0. The van der Waals surface area contributed by atoms with Crippen LogP contribution in [0.4, 0.5) is 10.1 Å². The molecule has 0 spiro atoms. The highest BCUT2D eigenvalue weighted by molar-refractivity contribution is 5.59. The molecule has 3 rings (SSSR count). The zero-order chi connectivity index (χ0) is 13.2. The van der Waals surface area contributed by atoms with Gasteiger partial charge in [-0.25, -0.2) is 14.4 Å². The number of nitrogens with zero attached hydrogens (tertiary/aromatic N) is 3. The summed E-state index contributed by atoms with van der Waals surface area (Å²) < 4.78 is 13.4. The summed E-state index contributed by atoms with van der Waals surface area (Å²) in [4.78, 5) is 10.3. The standard InChI is InChI=1S/C14H15FN4/c15-11-2-1-10-4-6-19(13(10)7-11)14(8-16)12-3-5-17-9-18-12/h1-3,5,7,9,14H,4,6,8,16H2. The van der Waals surface area contributed by atoms with E-state index >= 15 is 0 Å². The van der Waals surface area contributed by atoms with Crippen LogP contribution >= 0.6 is 0 Å². The van der Waals surface area contributed by atoms with E-state index in [9.17, 15) is 4.39 Å². The van der Waals surface area contributed by atoms with Gasteiger partial charge in [0.25, 0.3) is 0 Å². The first-order valence-corrected chi connectivity index (χ1v) is 6.30. The number of rotatable bonds is 3. The molecule has 2 N–H and O–H groups in total. The van der Waals surface area contributed by atoms with Crippen LogP contribution in [0.5, 0.6) is 0 Å². The molecular weight excluding hydrogens is 243 g/mol. The lowest BCUT2D eigenvalue weighted by Gasteiger charge is -2.28. The highest BCUT2D eigenvalue weighted by atomic mass is 19.1. The molecule has 0 amide bonds. The number of halogens is 1. The fourth-order valence-corrected chi connectivity index (χ4v) is 2.61. The molecule has 0 saturated carbocycles. The predicted octanol–water partition coefficient (Wildman–Crippen LogP) is 1.68. The minimum absolute atomic E-state index is 0.0361. The Bertz CT molecular complexity index is 573. The molecule has 5 heteroatoms. The summed E-state index contributed by atoms with van der Waals surface area (Å²) in [5, 5.41) is 0. The Morgan fingerprint density at radius 2 is 2.26 bits per heavy atom. The molecule has 0 aliphatic carbocycles. The van der Waals surface area contributed by atoms with E-state index in [0.717, 1.165) is 29.9 Å². The largest absolute Gasteiger partial charge is 0.361 e. The van der Waals surface area contributed by atoms with Gasteiger partial charge in [-0.1, -0.05) is 6.07 Å². The van der Waals surface area contributed by atoms with E-state index in [-0.39, 0.29) is 11.9 Å². The van der Waals surface area contributed by atoms with Crippen LogP contribution < -0.4 is 10.6 Å². The van der Waals surface area contributed by atoms with Crippen LogP contribution in [0, 0.1) is 5.82 Å². The third kappa shape index (κ3) is 2.17. The first kappa shape index (κ1) is 12.0. The van der Waals surface area contributed by atoms with Crippen molar-refractivity contribution in [3.63, 3.8) is 0 Å². The van der Waals surface area contributed by atoms with Crippen LogP contribution in [-0.4, -0.2) is 23.1 Å². The summed E-state index contributed by atoms with van der Waals surface area (Å²) in [6.07, 6.45) is 4.13. The van der Waals surface area contributed by atoms with Crippen molar-refractivity contribution in [3.8, 4) is 0 Å². The summed E-state index contributed by atoms with van der Waals surface area (Å²) in [5.41, 5.74) is 8.84. The molecule has 2 heterocycles. The molecular formula is C14H15FN4. The van der Waals surface area contributed by atoms with Crippen molar-refractivity contribution >= 4 is 5.69 Å². The second kappa shape index (κ2) is 4.93. The van der Waals surface area contributed by atoms with E-state index in [0.29, 0.717) is 6.54 Å². The van der Waals surface area contributed by atoms with Crippen molar-refractivity contribution in [2.45, 2.75) is 12.5 Å². The Balaban J connectivity index is 1.97. The quantitative estimate of drug-likeness (QED) is 0.910. The van der Waals surface area contributed by atoms with Crippen LogP contribution in [0.3, 0.4) is 0 Å². The van der Waals surface area contributed by atoms with E-state index in [4.69, 9.17) is 5.73 Å². The first-order valence-electron chi connectivity index (χ1n) is 6.30. The van der Waals surface area contributed by atoms with E-state index in [1.165, 1.54) is 12.4 Å². The fourth-order valence-electron chi connectivity index (χ4n) is 2.61. The predicted molar refractivity (Wildman–Crippen MR) is 71.3 cm³/mol. The smallest absolute Gasteiger partial charge is 0.125 e. The van der Waals surface area contributed by atoms with Gasteiger partial charge >= 0.3 is 0 Å². The van der Waals surface area contributed by atoms with E-state index < -0.39 is 0 Å². The summed E-state index contributed by atoms with van der Waals surface area (Å²) in [7, 11) is 0. The molecule has 0 saturated heterocycles. The van der Waals surface area contributed by atoms with Crippen molar-refractivity contribution in [1.29, 1.82) is 0 Å². The number of benzene rings is 1. The lowest BCUT2D eigenvalue weighted by Crippen LogP contribution is -2.33. The molecule has 0 bridgehead atoms. The molecule has 1 aliphatic heterocycles.